The zero-order valence-electron chi connectivity index (χ0n) is 21.7. The van der Waals surface area contributed by atoms with Crippen molar-refractivity contribution in [1.29, 1.82) is 0 Å². The molecule has 10 heteroatoms. The van der Waals surface area contributed by atoms with E-state index in [0.29, 0.717) is 12.6 Å². The molecule has 0 amide bonds. The van der Waals surface area contributed by atoms with E-state index >= 15 is 0 Å². The van der Waals surface area contributed by atoms with Gasteiger partial charge in [-0.3, -0.25) is 14.4 Å². The summed E-state index contributed by atoms with van der Waals surface area (Å²) in [5.41, 5.74) is 4.41. The highest BCUT2D eigenvalue weighted by Crippen LogP contribution is 2.26. The minimum Gasteiger partial charge on any atom is -0.478 e. The summed E-state index contributed by atoms with van der Waals surface area (Å²) in [5, 5.41) is 16.9. The number of hydrogen-bond donors (Lipinski definition) is 2. The fourth-order valence-electron chi connectivity index (χ4n) is 4.60. The van der Waals surface area contributed by atoms with Gasteiger partial charge in [0, 0.05) is 31.0 Å². The molecule has 0 saturated carbocycles. The van der Waals surface area contributed by atoms with E-state index in [0.717, 1.165) is 54.0 Å². The monoisotopic (exact) mass is 526 g/mol. The van der Waals surface area contributed by atoms with Gasteiger partial charge >= 0.3 is 11.9 Å². The molecular formula is C29H30N6O4. The van der Waals surface area contributed by atoms with E-state index in [2.05, 4.69) is 25.3 Å². The standard InChI is InChI=1S/C29H30N6O4/c1-20-15-30-29(33-27(20)22-7-9-23(10-8-22)28(37)38)32-24-16-31-35(17-24)25-11-13-34(14-12-25)18-26(36)39-19-21-5-3-2-4-6-21/h2-10,15-17,25H,11-14,18-19H2,1H3,(H,37,38)(H,30,32,33). The molecule has 0 spiro atoms. The summed E-state index contributed by atoms with van der Waals surface area (Å²) in [6.07, 6.45) is 7.19. The van der Waals surface area contributed by atoms with Gasteiger partial charge < -0.3 is 15.2 Å². The van der Waals surface area contributed by atoms with Gasteiger partial charge in [-0.2, -0.15) is 5.10 Å². The van der Waals surface area contributed by atoms with E-state index < -0.39 is 5.97 Å². The maximum Gasteiger partial charge on any atom is 0.335 e. The van der Waals surface area contributed by atoms with Crippen LogP contribution in [0, 0.1) is 6.92 Å². The summed E-state index contributed by atoms with van der Waals surface area (Å²) in [7, 11) is 0. The second kappa shape index (κ2) is 11.9. The number of nitrogens with one attached hydrogen (secondary N) is 1. The van der Waals surface area contributed by atoms with E-state index in [1.165, 1.54) is 0 Å². The summed E-state index contributed by atoms with van der Waals surface area (Å²) in [6, 6.07) is 16.5. The summed E-state index contributed by atoms with van der Waals surface area (Å²) >= 11 is 0. The Hall–Kier alpha value is -4.57. The van der Waals surface area contributed by atoms with Crippen molar-refractivity contribution in [1.82, 2.24) is 24.6 Å². The number of carbonyl (C=O) groups excluding carboxylic acids is 1. The van der Waals surface area contributed by atoms with Gasteiger partial charge in [0.25, 0.3) is 0 Å². The van der Waals surface area contributed by atoms with Gasteiger partial charge in [0.1, 0.15) is 6.61 Å². The smallest absolute Gasteiger partial charge is 0.335 e. The number of aromatic nitrogens is 4. The van der Waals surface area contributed by atoms with Gasteiger partial charge in [0.05, 0.1) is 35.7 Å². The number of piperidine rings is 1. The molecular weight excluding hydrogens is 496 g/mol. The number of ether oxygens (including phenoxy) is 1. The average molecular weight is 527 g/mol. The van der Waals surface area contributed by atoms with Crippen LogP contribution in [0.15, 0.2) is 73.2 Å². The number of likely N-dealkylation sites (tertiary alicyclic amines) is 1. The fourth-order valence-corrected chi connectivity index (χ4v) is 4.60. The van der Waals surface area contributed by atoms with Gasteiger partial charge in [0.15, 0.2) is 0 Å². The third-order valence-electron chi connectivity index (χ3n) is 6.76. The molecule has 1 aliphatic heterocycles. The second-order valence-corrected chi connectivity index (χ2v) is 9.60. The molecule has 1 aliphatic rings. The number of nitrogens with zero attached hydrogens (tertiary/aromatic N) is 5. The Morgan fingerprint density at radius 3 is 2.51 bits per heavy atom. The van der Waals surface area contributed by atoms with Crippen molar-refractivity contribution in [3.63, 3.8) is 0 Å². The maximum absolute atomic E-state index is 12.3. The van der Waals surface area contributed by atoms with Crippen LogP contribution in [0.1, 0.15) is 40.4 Å². The van der Waals surface area contributed by atoms with Crippen molar-refractivity contribution in [3.8, 4) is 11.3 Å². The highest BCUT2D eigenvalue weighted by atomic mass is 16.5. The lowest BCUT2D eigenvalue weighted by molar-refractivity contribution is -0.146. The summed E-state index contributed by atoms with van der Waals surface area (Å²) in [5.74, 6) is -0.744. The Balaban J connectivity index is 1.14. The zero-order chi connectivity index (χ0) is 27.2. The van der Waals surface area contributed by atoms with E-state index in [9.17, 15) is 9.59 Å². The normalized spacial score (nSPS) is 14.2. The van der Waals surface area contributed by atoms with Crippen LogP contribution >= 0.6 is 0 Å². The number of benzene rings is 2. The van der Waals surface area contributed by atoms with Crippen LogP contribution in [0.5, 0.6) is 0 Å². The Morgan fingerprint density at radius 2 is 1.79 bits per heavy atom. The average Bonchev–Trinajstić information content (AvgIpc) is 3.42. The van der Waals surface area contributed by atoms with Crippen LogP contribution in [0.2, 0.25) is 0 Å². The predicted octanol–water partition coefficient (Wildman–Crippen LogP) is 4.47. The van der Waals surface area contributed by atoms with Crippen LogP contribution in [0.3, 0.4) is 0 Å². The van der Waals surface area contributed by atoms with Crippen LogP contribution in [0.25, 0.3) is 11.3 Å². The van der Waals surface area contributed by atoms with E-state index in [1.54, 1.807) is 36.7 Å². The molecule has 0 radical (unpaired) electrons. The highest BCUT2D eigenvalue weighted by Gasteiger charge is 2.23. The predicted molar refractivity (Wildman–Crippen MR) is 146 cm³/mol. The largest absolute Gasteiger partial charge is 0.478 e. The fraction of sp³-hybridized carbons (Fsp3) is 0.276. The minimum atomic E-state index is -0.965. The van der Waals surface area contributed by atoms with Crippen LogP contribution in [0.4, 0.5) is 11.6 Å². The molecule has 1 saturated heterocycles. The number of carboxylic acid groups (broad SMARTS) is 1. The molecule has 1 fully saturated rings. The molecule has 0 atom stereocenters. The first-order valence-electron chi connectivity index (χ1n) is 12.8. The van der Waals surface area contributed by atoms with Gasteiger partial charge in [-0.05, 0) is 43.0 Å². The third kappa shape index (κ3) is 6.66. The number of carboxylic acids is 1. The van der Waals surface area contributed by atoms with Crippen LogP contribution in [-0.4, -0.2) is 61.3 Å². The first-order chi connectivity index (χ1) is 18.9. The number of esters is 1. The maximum atomic E-state index is 12.3. The number of hydrogen-bond acceptors (Lipinski definition) is 8. The molecule has 4 aromatic rings. The van der Waals surface area contributed by atoms with Crippen molar-refractivity contribution in [2.24, 2.45) is 0 Å². The van der Waals surface area contributed by atoms with Crippen molar-refractivity contribution >= 4 is 23.6 Å². The van der Waals surface area contributed by atoms with Crippen molar-refractivity contribution < 1.29 is 19.4 Å². The first-order valence-corrected chi connectivity index (χ1v) is 12.8. The molecule has 10 nitrogen and oxygen atoms in total. The molecule has 0 aliphatic carbocycles. The van der Waals surface area contributed by atoms with Gasteiger partial charge in [-0.15, -0.1) is 0 Å². The molecule has 200 valence electrons. The molecule has 3 heterocycles. The topological polar surface area (TPSA) is 122 Å². The molecule has 2 aromatic heterocycles. The lowest BCUT2D eigenvalue weighted by Crippen LogP contribution is -2.38. The summed E-state index contributed by atoms with van der Waals surface area (Å²) in [6.45, 7) is 4.08. The highest BCUT2D eigenvalue weighted by molar-refractivity contribution is 5.88. The molecule has 39 heavy (non-hydrogen) atoms. The van der Waals surface area contributed by atoms with Crippen molar-refractivity contribution in [2.75, 3.05) is 25.0 Å². The Morgan fingerprint density at radius 1 is 1.05 bits per heavy atom. The molecule has 0 unspecified atom stereocenters. The van der Waals surface area contributed by atoms with E-state index in [4.69, 9.17) is 9.84 Å². The van der Waals surface area contributed by atoms with Crippen molar-refractivity contribution in [3.05, 3.63) is 89.9 Å². The molecule has 2 N–H and O–H groups in total. The third-order valence-corrected chi connectivity index (χ3v) is 6.76. The Kier molecular flexibility index (Phi) is 7.93. The first kappa shape index (κ1) is 26.1. The van der Waals surface area contributed by atoms with Crippen molar-refractivity contribution in [2.45, 2.75) is 32.4 Å². The number of rotatable bonds is 9. The molecule has 2 aromatic carbocycles. The second-order valence-electron chi connectivity index (χ2n) is 9.60. The lowest BCUT2D eigenvalue weighted by Gasteiger charge is -2.31. The Labute approximate surface area is 226 Å². The quantitative estimate of drug-likeness (QED) is 0.304. The number of carbonyl (C=O) groups is 2. The number of aromatic carboxylic acids is 1. The number of aryl methyl sites for hydroxylation is 1. The lowest BCUT2D eigenvalue weighted by atomic mass is 10.1. The van der Waals surface area contributed by atoms with Gasteiger partial charge in [-0.1, -0.05) is 42.5 Å². The summed E-state index contributed by atoms with van der Waals surface area (Å²) < 4.78 is 7.37. The van der Waals surface area contributed by atoms with Crippen LogP contribution in [-0.2, 0) is 16.1 Å². The SMILES string of the molecule is Cc1cnc(Nc2cnn(C3CCN(CC(=O)OCc4ccccc4)CC3)c2)nc1-c1ccc(C(=O)O)cc1. The summed E-state index contributed by atoms with van der Waals surface area (Å²) in [4.78, 5) is 34.6. The molecule has 0 bridgehead atoms. The Bertz CT molecular complexity index is 1430. The van der Waals surface area contributed by atoms with Gasteiger partial charge in [0.2, 0.25) is 5.95 Å². The van der Waals surface area contributed by atoms with E-state index in [1.807, 2.05) is 48.1 Å². The van der Waals surface area contributed by atoms with Crippen LogP contribution < -0.4 is 5.32 Å². The zero-order valence-corrected chi connectivity index (χ0v) is 21.7. The molecule has 5 rings (SSSR count). The van der Waals surface area contributed by atoms with E-state index in [-0.39, 0.29) is 24.1 Å². The minimum absolute atomic E-state index is 0.210. The van der Waals surface area contributed by atoms with Gasteiger partial charge in [-0.25, -0.2) is 14.8 Å². The number of anilines is 2.